The molecular formula is C13H12BrNO3S. The number of ether oxygens (including phenoxy) is 2. The minimum atomic E-state index is -0.161. The quantitative estimate of drug-likeness (QED) is 0.920. The van der Waals surface area contributed by atoms with Crippen molar-refractivity contribution in [3.05, 3.63) is 39.0 Å². The fraction of sp³-hybridized carbons (Fsp3) is 0.154. The molecule has 0 spiro atoms. The number of hydrogen-bond donors (Lipinski definition) is 1. The standard InChI is InChI=1S/C13H12BrNO3S/c1-17-9-5-8(6-10(7-9)18-2)15-13(16)11-3-4-12(14)19-11/h3-7H,1-2H3,(H,15,16). The monoisotopic (exact) mass is 341 g/mol. The largest absolute Gasteiger partial charge is 0.497 e. The van der Waals surface area contributed by atoms with Crippen LogP contribution < -0.4 is 14.8 Å². The third kappa shape index (κ3) is 3.48. The summed E-state index contributed by atoms with van der Waals surface area (Å²) in [4.78, 5) is 12.7. The van der Waals surface area contributed by atoms with Crippen LogP contribution in [0.2, 0.25) is 0 Å². The van der Waals surface area contributed by atoms with Crippen molar-refractivity contribution in [3.63, 3.8) is 0 Å². The Kier molecular flexibility index (Phi) is 4.44. The van der Waals surface area contributed by atoms with E-state index in [0.29, 0.717) is 22.1 Å². The molecule has 0 aliphatic heterocycles. The lowest BCUT2D eigenvalue weighted by Gasteiger charge is -2.09. The number of thiophene rings is 1. The zero-order valence-corrected chi connectivity index (χ0v) is 12.8. The second-order valence-corrected chi connectivity index (χ2v) is 6.12. The molecule has 2 aromatic rings. The summed E-state index contributed by atoms with van der Waals surface area (Å²) in [7, 11) is 3.13. The molecule has 100 valence electrons. The zero-order valence-electron chi connectivity index (χ0n) is 10.4. The summed E-state index contributed by atoms with van der Waals surface area (Å²) in [6, 6.07) is 8.83. The third-order valence-electron chi connectivity index (χ3n) is 2.41. The van der Waals surface area contributed by atoms with Gasteiger partial charge in [0.25, 0.3) is 5.91 Å². The first-order valence-electron chi connectivity index (χ1n) is 5.42. The molecular weight excluding hydrogens is 330 g/mol. The van der Waals surface area contributed by atoms with Crippen LogP contribution >= 0.6 is 27.3 Å². The van der Waals surface area contributed by atoms with Crippen LogP contribution in [0.1, 0.15) is 9.67 Å². The normalized spacial score (nSPS) is 10.1. The molecule has 0 saturated carbocycles. The molecule has 6 heteroatoms. The number of benzene rings is 1. The topological polar surface area (TPSA) is 47.6 Å². The highest BCUT2D eigenvalue weighted by Crippen LogP contribution is 2.27. The maximum Gasteiger partial charge on any atom is 0.265 e. The minimum Gasteiger partial charge on any atom is -0.497 e. The summed E-state index contributed by atoms with van der Waals surface area (Å²) >= 11 is 4.71. The van der Waals surface area contributed by atoms with E-state index < -0.39 is 0 Å². The summed E-state index contributed by atoms with van der Waals surface area (Å²) < 4.78 is 11.2. The number of anilines is 1. The number of hydrogen-bond acceptors (Lipinski definition) is 4. The molecule has 0 fully saturated rings. The lowest BCUT2D eigenvalue weighted by molar-refractivity contribution is 0.103. The van der Waals surface area contributed by atoms with Crippen molar-refractivity contribution < 1.29 is 14.3 Å². The van der Waals surface area contributed by atoms with Crippen molar-refractivity contribution in [3.8, 4) is 11.5 Å². The molecule has 1 heterocycles. The summed E-state index contributed by atoms with van der Waals surface area (Å²) in [5.41, 5.74) is 0.630. The molecule has 2 rings (SSSR count). The van der Waals surface area contributed by atoms with Crippen LogP contribution in [0.15, 0.2) is 34.1 Å². The molecule has 0 unspecified atom stereocenters. The Morgan fingerprint density at radius 2 is 1.79 bits per heavy atom. The van der Waals surface area contributed by atoms with Crippen LogP contribution in [0, 0.1) is 0 Å². The molecule has 0 aliphatic carbocycles. The summed E-state index contributed by atoms with van der Waals surface area (Å²) in [6.07, 6.45) is 0. The van der Waals surface area contributed by atoms with E-state index >= 15 is 0 Å². The molecule has 4 nitrogen and oxygen atoms in total. The van der Waals surface area contributed by atoms with E-state index in [9.17, 15) is 4.79 Å². The van der Waals surface area contributed by atoms with Crippen molar-refractivity contribution in [2.45, 2.75) is 0 Å². The first-order valence-corrected chi connectivity index (χ1v) is 7.03. The van der Waals surface area contributed by atoms with E-state index in [0.717, 1.165) is 3.79 Å². The van der Waals surface area contributed by atoms with Crippen LogP contribution in [0.25, 0.3) is 0 Å². The number of rotatable bonds is 4. The predicted molar refractivity (Wildman–Crippen MR) is 79.5 cm³/mol. The average molecular weight is 342 g/mol. The van der Waals surface area contributed by atoms with Crippen LogP contribution in [-0.2, 0) is 0 Å². The van der Waals surface area contributed by atoms with Gasteiger partial charge in [0.1, 0.15) is 11.5 Å². The lowest BCUT2D eigenvalue weighted by atomic mass is 10.2. The van der Waals surface area contributed by atoms with E-state index in [1.165, 1.54) is 11.3 Å². The van der Waals surface area contributed by atoms with E-state index in [-0.39, 0.29) is 5.91 Å². The van der Waals surface area contributed by atoms with Gasteiger partial charge < -0.3 is 14.8 Å². The SMILES string of the molecule is COc1cc(NC(=O)c2ccc(Br)s2)cc(OC)c1. The Morgan fingerprint density at radius 1 is 1.16 bits per heavy atom. The zero-order chi connectivity index (χ0) is 13.8. The molecule has 0 aliphatic rings. The van der Waals surface area contributed by atoms with Crippen molar-refractivity contribution in [2.75, 3.05) is 19.5 Å². The van der Waals surface area contributed by atoms with Crippen molar-refractivity contribution in [1.29, 1.82) is 0 Å². The van der Waals surface area contributed by atoms with E-state index in [2.05, 4.69) is 21.2 Å². The van der Waals surface area contributed by atoms with E-state index in [1.807, 2.05) is 6.07 Å². The Hall–Kier alpha value is -1.53. The minimum absolute atomic E-state index is 0.161. The first-order chi connectivity index (χ1) is 9.12. The third-order valence-corrected chi connectivity index (χ3v) is 4.03. The highest BCUT2D eigenvalue weighted by atomic mass is 79.9. The van der Waals surface area contributed by atoms with E-state index in [1.54, 1.807) is 38.5 Å². The van der Waals surface area contributed by atoms with E-state index in [4.69, 9.17) is 9.47 Å². The number of carbonyl (C=O) groups is 1. The number of carbonyl (C=O) groups excluding carboxylic acids is 1. The molecule has 0 atom stereocenters. The lowest BCUT2D eigenvalue weighted by Crippen LogP contribution is -2.10. The van der Waals surface area contributed by atoms with Gasteiger partial charge in [-0.3, -0.25) is 4.79 Å². The maximum absolute atomic E-state index is 12.0. The van der Waals surface area contributed by atoms with Gasteiger partial charge in [0.05, 0.1) is 22.9 Å². The van der Waals surface area contributed by atoms with Crippen molar-refractivity contribution in [2.24, 2.45) is 0 Å². The van der Waals surface area contributed by atoms with Gasteiger partial charge in [-0.05, 0) is 28.1 Å². The highest BCUT2D eigenvalue weighted by molar-refractivity contribution is 9.11. The second kappa shape index (κ2) is 6.08. The molecule has 1 N–H and O–H groups in total. The summed E-state index contributed by atoms with van der Waals surface area (Å²) in [6.45, 7) is 0. The number of halogens is 1. The molecule has 1 aromatic carbocycles. The number of amides is 1. The molecule has 0 saturated heterocycles. The molecule has 19 heavy (non-hydrogen) atoms. The molecule has 1 aromatic heterocycles. The van der Waals surface area contributed by atoms with Crippen molar-refractivity contribution in [1.82, 2.24) is 0 Å². The summed E-state index contributed by atoms with van der Waals surface area (Å²) in [5.74, 6) is 1.09. The Balaban J connectivity index is 2.20. The van der Waals surface area contributed by atoms with Gasteiger partial charge in [-0.2, -0.15) is 0 Å². The van der Waals surface area contributed by atoms with Crippen LogP contribution in [0.3, 0.4) is 0 Å². The fourth-order valence-electron chi connectivity index (χ4n) is 1.51. The first kappa shape index (κ1) is 13.9. The maximum atomic E-state index is 12.0. The smallest absolute Gasteiger partial charge is 0.265 e. The molecule has 0 bridgehead atoms. The van der Waals surface area contributed by atoms with Crippen LogP contribution in [-0.4, -0.2) is 20.1 Å². The van der Waals surface area contributed by atoms with Gasteiger partial charge in [0.2, 0.25) is 0 Å². The molecule has 0 radical (unpaired) electrons. The fourth-order valence-corrected chi connectivity index (χ4v) is 2.79. The van der Waals surface area contributed by atoms with Gasteiger partial charge in [-0.1, -0.05) is 0 Å². The van der Waals surface area contributed by atoms with Crippen molar-refractivity contribution >= 4 is 38.9 Å². The van der Waals surface area contributed by atoms with Crippen LogP contribution in [0.4, 0.5) is 5.69 Å². The summed E-state index contributed by atoms with van der Waals surface area (Å²) in [5, 5.41) is 2.81. The highest BCUT2D eigenvalue weighted by Gasteiger charge is 2.10. The van der Waals surface area contributed by atoms with Crippen LogP contribution in [0.5, 0.6) is 11.5 Å². The van der Waals surface area contributed by atoms with Gasteiger partial charge >= 0.3 is 0 Å². The van der Waals surface area contributed by atoms with Gasteiger partial charge in [-0.25, -0.2) is 0 Å². The van der Waals surface area contributed by atoms with Gasteiger partial charge in [0.15, 0.2) is 0 Å². The predicted octanol–water partition coefficient (Wildman–Crippen LogP) is 3.78. The number of nitrogens with one attached hydrogen (secondary N) is 1. The average Bonchev–Trinajstić information content (AvgIpc) is 2.85. The Labute approximate surface area is 123 Å². The molecule has 1 amide bonds. The second-order valence-electron chi connectivity index (χ2n) is 3.66. The Morgan fingerprint density at radius 3 is 2.26 bits per heavy atom. The van der Waals surface area contributed by atoms with Gasteiger partial charge in [-0.15, -0.1) is 11.3 Å². The number of methoxy groups -OCH3 is 2. The Bertz CT molecular complexity index is 575. The van der Waals surface area contributed by atoms with Gasteiger partial charge in [0, 0.05) is 23.9 Å².